The maximum atomic E-state index is 6.37. The molecule has 108 valence electrons. The normalized spacial score (nSPS) is 12.7. The average Bonchev–Trinajstić information content (AvgIpc) is 2.71. The van der Waals surface area contributed by atoms with Gasteiger partial charge in [0.15, 0.2) is 0 Å². The fourth-order valence-corrected chi connectivity index (χ4v) is 3.73. The minimum atomic E-state index is 0.284. The molecule has 4 heteroatoms. The Kier molecular flexibility index (Phi) is 5.19. The number of likely N-dealkylation sites (N-methyl/N-ethyl adjacent to an activating group) is 1. The van der Waals surface area contributed by atoms with Crippen LogP contribution < -0.4 is 5.32 Å². The summed E-state index contributed by atoms with van der Waals surface area (Å²) in [5.41, 5.74) is 3.51. The second-order valence-corrected chi connectivity index (χ2v) is 6.73. The van der Waals surface area contributed by atoms with Gasteiger partial charge >= 0.3 is 0 Å². The van der Waals surface area contributed by atoms with Crippen LogP contribution in [0.4, 0.5) is 0 Å². The third-order valence-corrected chi connectivity index (χ3v) is 4.88. The predicted octanol–water partition coefficient (Wildman–Crippen LogP) is 4.62. The van der Waals surface area contributed by atoms with Crippen LogP contribution in [0.15, 0.2) is 18.2 Å². The topological polar surface area (TPSA) is 24.9 Å². The highest BCUT2D eigenvalue weighted by atomic mass is 35.5. The minimum Gasteiger partial charge on any atom is -0.309 e. The van der Waals surface area contributed by atoms with Gasteiger partial charge in [0.2, 0.25) is 0 Å². The molecule has 0 aliphatic heterocycles. The summed E-state index contributed by atoms with van der Waals surface area (Å²) in [5, 5.41) is 5.53. The molecule has 2 rings (SSSR count). The van der Waals surface area contributed by atoms with Crippen LogP contribution in [0.2, 0.25) is 5.02 Å². The van der Waals surface area contributed by atoms with Gasteiger partial charge in [0.1, 0.15) is 0 Å². The summed E-state index contributed by atoms with van der Waals surface area (Å²) in [4.78, 5) is 5.86. The summed E-state index contributed by atoms with van der Waals surface area (Å²) in [7, 11) is 0. The Morgan fingerprint density at radius 2 is 2.05 bits per heavy atom. The lowest BCUT2D eigenvalue weighted by Gasteiger charge is -2.18. The zero-order valence-corrected chi connectivity index (χ0v) is 14.0. The van der Waals surface area contributed by atoms with Crippen molar-refractivity contribution in [2.75, 3.05) is 6.54 Å². The van der Waals surface area contributed by atoms with Gasteiger partial charge in [-0.1, -0.05) is 30.7 Å². The number of hydrogen-bond donors (Lipinski definition) is 1. The molecular weight excluding hydrogens is 288 g/mol. The Morgan fingerprint density at radius 1 is 1.30 bits per heavy atom. The van der Waals surface area contributed by atoms with Crippen molar-refractivity contribution in [2.45, 2.75) is 40.2 Å². The van der Waals surface area contributed by atoms with E-state index in [9.17, 15) is 0 Å². The molecule has 0 aliphatic rings. The van der Waals surface area contributed by atoms with Crippen molar-refractivity contribution in [3.63, 3.8) is 0 Å². The fraction of sp³-hybridized carbons (Fsp3) is 0.438. The fourth-order valence-electron chi connectivity index (χ4n) is 2.41. The molecule has 0 amide bonds. The molecule has 0 fully saturated rings. The van der Waals surface area contributed by atoms with E-state index in [-0.39, 0.29) is 6.04 Å². The number of aryl methyl sites for hydroxylation is 3. The SMILES string of the molecule is CCNC(Cc1ccc(C)cc1Cl)c1sc(C)nc1C. The molecule has 1 heterocycles. The lowest BCUT2D eigenvalue weighted by atomic mass is 10.0. The number of nitrogens with one attached hydrogen (secondary N) is 1. The summed E-state index contributed by atoms with van der Waals surface area (Å²) >= 11 is 8.14. The maximum Gasteiger partial charge on any atom is 0.0900 e. The standard InChI is InChI=1S/C16H21ClN2S/c1-5-18-15(16-11(3)19-12(4)20-16)9-13-7-6-10(2)8-14(13)17/h6-8,15,18H,5,9H2,1-4H3. The smallest absolute Gasteiger partial charge is 0.0900 e. The van der Waals surface area contributed by atoms with Crippen LogP contribution in [0.5, 0.6) is 0 Å². The highest BCUT2D eigenvalue weighted by Gasteiger charge is 2.18. The van der Waals surface area contributed by atoms with Gasteiger partial charge in [0, 0.05) is 15.9 Å². The van der Waals surface area contributed by atoms with E-state index >= 15 is 0 Å². The van der Waals surface area contributed by atoms with Crippen molar-refractivity contribution < 1.29 is 0 Å². The lowest BCUT2D eigenvalue weighted by Crippen LogP contribution is -2.23. The molecule has 1 aromatic heterocycles. The van der Waals surface area contributed by atoms with E-state index in [4.69, 9.17) is 11.6 Å². The zero-order chi connectivity index (χ0) is 14.7. The third kappa shape index (κ3) is 3.60. The second-order valence-electron chi connectivity index (χ2n) is 5.09. The summed E-state index contributed by atoms with van der Waals surface area (Å²) in [6.45, 7) is 9.27. The van der Waals surface area contributed by atoms with Crippen LogP contribution in [-0.2, 0) is 6.42 Å². The summed E-state index contributed by atoms with van der Waals surface area (Å²) in [5.74, 6) is 0. The van der Waals surface area contributed by atoms with Crippen molar-refractivity contribution in [1.29, 1.82) is 0 Å². The molecule has 0 saturated carbocycles. The first-order valence-corrected chi connectivity index (χ1v) is 8.13. The zero-order valence-electron chi connectivity index (χ0n) is 12.5. The number of benzene rings is 1. The average molecular weight is 309 g/mol. The Balaban J connectivity index is 2.27. The monoisotopic (exact) mass is 308 g/mol. The molecule has 1 unspecified atom stereocenters. The van der Waals surface area contributed by atoms with E-state index in [1.54, 1.807) is 11.3 Å². The van der Waals surface area contributed by atoms with Crippen molar-refractivity contribution >= 4 is 22.9 Å². The summed E-state index contributed by atoms with van der Waals surface area (Å²) in [6.07, 6.45) is 0.898. The van der Waals surface area contributed by atoms with Gasteiger partial charge in [-0.25, -0.2) is 4.98 Å². The molecular formula is C16H21ClN2S. The molecule has 0 aliphatic carbocycles. The Labute approximate surface area is 130 Å². The van der Waals surface area contributed by atoms with Crippen LogP contribution >= 0.6 is 22.9 Å². The largest absolute Gasteiger partial charge is 0.309 e. The third-order valence-electron chi connectivity index (χ3n) is 3.34. The van der Waals surface area contributed by atoms with Crippen molar-refractivity contribution in [3.8, 4) is 0 Å². The number of nitrogens with zero attached hydrogens (tertiary/aromatic N) is 1. The highest BCUT2D eigenvalue weighted by molar-refractivity contribution is 7.11. The van der Waals surface area contributed by atoms with E-state index in [0.29, 0.717) is 0 Å². The molecule has 2 nitrogen and oxygen atoms in total. The molecule has 1 N–H and O–H groups in total. The summed E-state index contributed by atoms with van der Waals surface area (Å²) in [6, 6.07) is 6.57. The first-order valence-electron chi connectivity index (χ1n) is 6.93. The van der Waals surface area contributed by atoms with Crippen LogP contribution in [0.25, 0.3) is 0 Å². The molecule has 0 spiro atoms. The second kappa shape index (κ2) is 6.70. The first kappa shape index (κ1) is 15.5. The van der Waals surface area contributed by atoms with E-state index in [0.717, 1.165) is 28.7 Å². The number of aromatic nitrogens is 1. The molecule has 2 aromatic rings. The molecule has 1 aromatic carbocycles. The van der Waals surface area contributed by atoms with Crippen LogP contribution in [0.1, 0.15) is 39.7 Å². The maximum absolute atomic E-state index is 6.37. The summed E-state index contributed by atoms with van der Waals surface area (Å²) < 4.78 is 0. The number of thiazole rings is 1. The molecule has 1 atom stereocenters. The van der Waals surface area contributed by atoms with Gasteiger partial charge in [-0.05, 0) is 50.9 Å². The lowest BCUT2D eigenvalue weighted by molar-refractivity contribution is 0.555. The van der Waals surface area contributed by atoms with E-state index in [1.807, 2.05) is 6.07 Å². The van der Waals surface area contributed by atoms with Crippen LogP contribution in [-0.4, -0.2) is 11.5 Å². The van der Waals surface area contributed by atoms with Gasteiger partial charge in [-0.2, -0.15) is 0 Å². The van der Waals surface area contributed by atoms with Gasteiger partial charge in [0.05, 0.1) is 10.7 Å². The van der Waals surface area contributed by atoms with E-state index < -0.39 is 0 Å². The highest BCUT2D eigenvalue weighted by Crippen LogP contribution is 2.29. The van der Waals surface area contributed by atoms with Crippen LogP contribution in [0, 0.1) is 20.8 Å². The molecule has 0 saturated heterocycles. The van der Waals surface area contributed by atoms with Crippen LogP contribution in [0.3, 0.4) is 0 Å². The van der Waals surface area contributed by atoms with Crippen molar-refractivity contribution in [3.05, 3.63) is 49.9 Å². The Morgan fingerprint density at radius 3 is 2.60 bits per heavy atom. The van der Waals surface area contributed by atoms with Gasteiger partial charge in [0.25, 0.3) is 0 Å². The van der Waals surface area contributed by atoms with Gasteiger partial charge in [-0.15, -0.1) is 11.3 Å². The van der Waals surface area contributed by atoms with E-state index in [2.05, 4.69) is 50.1 Å². The minimum absolute atomic E-state index is 0.284. The number of halogens is 1. The van der Waals surface area contributed by atoms with E-state index in [1.165, 1.54) is 16.0 Å². The Bertz CT molecular complexity index is 592. The Hall–Kier alpha value is -0.900. The predicted molar refractivity (Wildman–Crippen MR) is 87.9 cm³/mol. The molecule has 0 radical (unpaired) electrons. The molecule has 0 bridgehead atoms. The van der Waals surface area contributed by atoms with Crippen molar-refractivity contribution in [2.24, 2.45) is 0 Å². The first-order chi connectivity index (χ1) is 9.51. The van der Waals surface area contributed by atoms with Crippen molar-refractivity contribution in [1.82, 2.24) is 10.3 Å². The number of rotatable bonds is 5. The quantitative estimate of drug-likeness (QED) is 0.872. The van der Waals surface area contributed by atoms with Gasteiger partial charge in [-0.3, -0.25) is 0 Å². The molecule has 20 heavy (non-hydrogen) atoms. The van der Waals surface area contributed by atoms with Gasteiger partial charge < -0.3 is 5.32 Å². The number of hydrogen-bond acceptors (Lipinski definition) is 3.